The Balaban J connectivity index is 3.31. The molecule has 0 rings (SSSR count). The molecular weight excluding hydrogens is 687 g/mol. The number of aliphatic hydroxyl groups excluding tert-OH is 2. The third-order valence-electron chi connectivity index (χ3n) is 12.6. The molecule has 1 amide bonds. The zero-order valence-corrected chi connectivity index (χ0v) is 38.7. The molecule has 0 heterocycles. The van der Waals surface area contributed by atoms with E-state index in [9.17, 15) is 15.0 Å². The molecule has 3 N–H and O–H groups in total. The van der Waals surface area contributed by atoms with Crippen molar-refractivity contribution in [3.05, 3.63) is 0 Å². The highest BCUT2D eigenvalue weighted by Crippen LogP contribution is 2.18. The van der Waals surface area contributed by atoms with Gasteiger partial charge in [0.15, 0.2) is 0 Å². The van der Waals surface area contributed by atoms with Crippen LogP contribution in [0.3, 0.4) is 0 Å². The van der Waals surface area contributed by atoms with Crippen LogP contribution in [0.5, 0.6) is 0 Å². The number of aliphatic hydroxyl groups is 2. The van der Waals surface area contributed by atoms with Crippen LogP contribution in [0.1, 0.15) is 309 Å². The van der Waals surface area contributed by atoms with E-state index in [1.54, 1.807) is 0 Å². The van der Waals surface area contributed by atoms with Gasteiger partial charge in [0.05, 0.1) is 18.8 Å². The molecular formula is C52H105NO3. The lowest BCUT2D eigenvalue weighted by molar-refractivity contribution is -0.123. The summed E-state index contributed by atoms with van der Waals surface area (Å²) in [4.78, 5) is 12.4. The second-order valence-corrected chi connectivity index (χ2v) is 18.3. The highest BCUT2D eigenvalue weighted by atomic mass is 16.3. The van der Waals surface area contributed by atoms with Crippen LogP contribution in [0.2, 0.25) is 0 Å². The lowest BCUT2D eigenvalue weighted by Gasteiger charge is -2.22. The standard InChI is InChI=1S/C52H105NO3/c1-3-5-7-9-11-13-15-16-17-18-19-20-21-22-23-24-25-26-27-28-29-30-31-32-33-34-35-36-37-38-40-42-44-46-48-52(56)53-50(49-54)51(55)47-45-43-41-39-14-12-10-8-6-4-2/h50-51,54-55H,3-49H2,1-2H3,(H,53,56)/t50-,51+/m0/s1. The first kappa shape index (κ1) is 55.4. The Bertz CT molecular complexity index is 729. The van der Waals surface area contributed by atoms with Crippen molar-refractivity contribution in [3.8, 4) is 0 Å². The van der Waals surface area contributed by atoms with E-state index in [0.717, 1.165) is 25.7 Å². The van der Waals surface area contributed by atoms with E-state index in [0.29, 0.717) is 12.8 Å². The summed E-state index contributed by atoms with van der Waals surface area (Å²) >= 11 is 0. The summed E-state index contributed by atoms with van der Waals surface area (Å²) in [5, 5.41) is 23.1. The van der Waals surface area contributed by atoms with Crippen LogP contribution < -0.4 is 5.32 Å². The molecule has 0 radical (unpaired) electrons. The van der Waals surface area contributed by atoms with Crippen LogP contribution in [-0.4, -0.2) is 34.9 Å². The second-order valence-electron chi connectivity index (χ2n) is 18.3. The van der Waals surface area contributed by atoms with E-state index in [1.807, 2.05) is 0 Å². The van der Waals surface area contributed by atoms with E-state index >= 15 is 0 Å². The quantitative estimate of drug-likeness (QED) is 0.0538. The van der Waals surface area contributed by atoms with Crippen molar-refractivity contribution < 1.29 is 15.0 Å². The van der Waals surface area contributed by atoms with Gasteiger partial charge >= 0.3 is 0 Å². The molecule has 0 saturated heterocycles. The Morgan fingerprint density at radius 1 is 0.357 bits per heavy atom. The van der Waals surface area contributed by atoms with Gasteiger partial charge in [0.1, 0.15) is 0 Å². The molecule has 0 aliphatic rings. The van der Waals surface area contributed by atoms with Gasteiger partial charge in [-0.25, -0.2) is 0 Å². The number of carbonyl (C=O) groups excluding carboxylic acids is 1. The van der Waals surface area contributed by atoms with Gasteiger partial charge in [-0.2, -0.15) is 0 Å². The second kappa shape index (κ2) is 48.8. The molecule has 0 saturated carbocycles. The highest BCUT2D eigenvalue weighted by molar-refractivity contribution is 5.76. The van der Waals surface area contributed by atoms with Crippen LogP contribution in [-0.2, 0) is 4.79 Å². The van der Waals surface area contributed by atoms with Crippen molar-refractivity contribution in [2.75, 3.05) is 6.61 Å². The average molecular weight is 792 g/mol. The maximum absolute atomic E-state index is 12.4. The monoisotopic (exact) mass is 792 g/mol. The van der Waals surface area contributed by atoms with Crippen LogP contribution in [0.15, 0.2) is 0 Å². The molecule has 0 fully saturated rings. The van der Waals surface area contributed by atoms with Crippen molar-refractivity contribution >= 4 is 5.91 Å². The smallest absolute Gasteiger partial charge is 0.220 e. The number of hydrogen-bond donors (Lipinski definition) is 3. The fourth-order valence-corrected chi connectivity index (χ4v) is 8.60. The maximum Gasteiger partial charge on any atom is 0.220 e. The molecule has 56 heavy (non-hydrogen) atoms. The fourth-order valence-electron chi connectivity index (χ4n) is 8.60. The van der Waals surface area contributed by atoms with E-state index in [4.69, 9.17) is 0 Å². The molecule has 4 nitrogen and oxygen atoms in total. The first-order chi connectivity index (χ1) is 27.7. The number of rotatable bonds is 49. The third kappa shape index (κ3) is 44.5. The highest BCUT2D eigenvalue weighted by Gasteiger charge is 2.20. The van der Waals surface area contributed by atoms with E-state index in [2.05, 4.69) is 19.2 Å². The maximum atomic E-state index is 12.4. The largest absolute Gasteiger partial charge is 0.394 e. The van der Waals surface area contributed by atoms with E-state index in [-0.39, 0.29) is 12.5 Å². The average Bonchev–Trinajstić information content (AvgIpc) is 3.20. The summed E-state index contributed by atoms with van der Waals surface area (Å²) < 4.78 is 0. The summed E-state index contributed by atoms with van der Waals surface area (Å²) in [6.45, 7) is 4.37. The number of amides is 1. The minimum Gasteiger partial charge on any atom is -0.394 e. The summed E-state index contributed by atoms with van der Waals surface area (Å²) in [6.07, 6.45) is 61.0. The Morgan fingerprint density at radius 3 is 0.804 bits per heavy atom. The third-order valence-corrected chi connectivity index (χ3v) is 12.6. The first-order valence-electron chi connectivity index (χ1n) is 26.2. The van der Waals surface area contributed by atoms with E-state index in [1.165, 1.54) is 257 Å². The van der Waals surface area contributed by atoms with Crippen molar-refractivity contribution in [3.63, 3.8) is 0 Å². The zero-order chi connectivity index (χ0) is 40.7. The predicted molar refractivity (Wildman–Crippen MR) is 249 cm³/mol. The fraction of sp³-hybridized carbons (Fsp3) is 0.981. The van der Waals surface area contributed by atoms with Crippen LogP contribution >= 0.6 is 0 Å². The normalized spacial score (nSPS) is 12.7. The molecule has 0 unspecified atom stereocenters. The van der Waals surface area contributed by atoms with Gasteiger partial charge < -0.3 is 15.5 Å². The molecule has 0 spiro atoms. The van der Waals surface area contributed by atoms with Gasteiger partial charge in [0, 0.05) is 6.42 Å². The predicted octanol–water partition coefficient (Wildman–Crippen LogP) is 16.8. The van der Waals surface area contributed by atoms with Crippen molar-refractivity contribution in [1.82, 2.24) is 5.32 Å². The van der Waals surface area contributed by atoms with Gasteiger partial charge in [-0.3, -0.25) is 4.79 Å². The topological polar surface area (TPSA) is 69.6 Å². The van der Waals surface area contributed by atoms with E-state index < -0.39 is 12.1 Å². The Labute approximate surface area is 353 Å². The van der Waals surface area contributed by atoms with Gasteiger partial charge in [-0.05, 0) is 12.8 Å². The summed E-state index contributed by atoms with van der Waals surface area (Å²) in [5.74, 6) is -0.0259. The summed E-state index contributed by atoms with van der Waals surface area (Å²) in [5.41, 5.74) is 0. The first-order valence-corrected chi connectivity index (χ1v) is 26.2. The number of unbranched alkanes of at least 4 members (excludes halogenated alkanes) is 42. The molecule has 0 aromatic rings. The zero-order valence-electron chi connectivity index (χ0n) is 38.7. The lowest BCUT2D eigenvalue weighted by atomic mass is 10.0. The van der Waals surface area contributed by atoms with Crippen LogP contribution in [0.4, 0.5) is 0 Å². The van der Waals surface area contributed by atoms with Gasteiger partial charge in [0.2, 0.25) is 5.91 Å². The molecule has 0 aromatic carbocycles. The number of nitrogens with one attached hydrogen (secondary N) is 1. The molecule has 0 bridgehead atoms. The van der Waals surface area contributed by atoms with Crippen molar-refractivity contribution in [1.29, 1.82) is 0 Å². The van der Waals surface area contributed by atoms with Crippen molar-refractivity contribution in [2.45, 2.75) is 321 Å². The molecule has 0 aromatic heterocycles. The van der Waals surface area contributed by atoms with Gasteiger partial charge in [0.25, 0.3) is 0 Å². The van der Waals surface area contributed by atoms with Crippen molar-refractivity contribution in [2.24, 2.45) is 0 Å². The Kier molecular flexibility index (Phi) is 48.2. The molecule has 0 aliphatic heterocycles. The number of hydrogen-bond acceptors (Lipinski definition) is 3. The Hall–Kier alpha value is -0.610. The summed E-state index contributed by atoms with van der Waals surface area (Å²) in [7, 11) is 0. The molecule has 0 aliphatic carbocycles. The molecule has 2 atom stereocenters. The minimum atomic E-state index is -0.652. The minimum absolute atomic E-state index is 0.0259. The molecule has 336 valence electrons. The van der Waals surface area contributed by atoms with Gasteiger partial charge in [-0.15, -0.1) is 0 Å². The Morgan fingerprint density at radius 2 is 0.571 bits per heavy atom. The van der Waals surface area contributed by atoms with Crippen LogP contribution in [0, 0.1) is 0 Å². The molecule has 4 heteroatoms. The lowest BCUT2D eigenvalue weighted by Crippen LogP contribution is -2.45. The van der Waals surface area contributed by atoms with Gasteiger partial charge in [-0.1, -0.05) is 290 Å². The summed E-state index contributed by atoms with van der Waals surface area (Å²) in [6, 6.07) is -0.529. The number of carbonyl (C=O) groups is 1. The van der Waals surface area contributed by atoms with Crippen LogP contribution in [0.25, 0.3) is 0 Å². The SMILES string of the molecule is CCCCCCCCCCCCCCCCCCCCCCCCCCCCCCCCCCCCC(=O)N[C@@H](CO)[C@H](O)CCCCCCCCCCCC.